The minimum atomic E-state index is -0.791. The molecular weight excluding hydrogens is 272 g/mol. The fraction of sp³-hybridized carbons (Fsp3) is 0.385. The van der Waals surface area contributed by atoms with Crippen molar-refractivity contribution in [1.82, 2.24) is 20.6 Å². The predicted octanol–water partition coefficient (Wildman–Crippen LogP) is -0.516. The highest BCUT2D eigenvalue weighted by atomic mass is 16.2. The smallest absolute Gasteiger partial charge is 0.316 e. The summed E-state index contributed by atoms with van der Waals surface area (Å²) in [5, 5.41) is 5.54. The van der Waals surface area contributed by atoms with Crippen LogP contribution in [0.25, 0.3) is 6.08 Å². The van der Waals surface area contributed by atoms with Crippen LogP contribution in [0.4, 0.5) is 10.7 Å². The molecule has 1 saturated heterocycles. The number of primary amides is 1. The number of carbonyl (C=O) groups is 2. The van der Waals surface area contributed by atoms with Crippen LogP contribution in [0.15, 0.2) is 18.0 Å². The molecule has 112 valence electrons. The van der Waals surface area contributed by atoms with E-state index in [-0.39, 0.29) is 5.70 Å². The third-order valence-electron chi connectivity index (χ3n) is 2.99. The molecule has 1 aliphatic heterocycles. The zero-order valence-corrected chi connectivity index (χ0v) is 11.6. The number of amides is 2. The first-order valence-corrected chi connectivity index (χ1v) is 6.71. The van der Waals surface area contributed by atoms with Crippen molar-refractivity contribution in [3.05, 3.63) is 23.7 Å². The molecule has 2 amide bonds. The van der Waals surface area contributed by atoms with E-state index in [0.29, 0.717) is 17.9 Å². The van der Waals surface area contributed by atoms with Crippen LogP contribution < -0.4 is 21.3 Å². The Bertz CT molecular complexity index is 537. The zero-order chi connectivity index (χ0) is 15.1. The van der Waals surface area contributed by atoms with Crippen molar-refractivity contribution in [1.29, 1.82) is 0 Å². The SMILES string of the molecule is NC(=O)N/C(C=O)=C\c1ccnc(N2CCCNCC2)n1. The van der Waals surface area contributed by atoms with Gasteiger partial charge in [0.05, 0.1) is 11.4 Å². The van der Waals surface area contributed by atoms with E-state index in [1.54, 1.807) is 12.3 Å². The van der Waals surface area contributed by atoms with Crippen molar-refractivity contribution in [3.8, 4) is 0 Å². The maximum atomic E-state index is 10.9. The second-order valence-corrected chi connectivity index (χ2v) is 4.58. The maximum Gasteiger partial charge on any atom is 0.316 e. The van der Waals surface area contributed by atoms with Crippen molar-refractivity contribution < 1.29 is 9.59 Å². The van der Waals surface area contributed by atoms with Crippen molar-refractivity contribution in [2.75, 3.05) is 31.1 Å². The number of carbonyl (C=O) groups excluding carboxylic acids is 2. The molecule has 0 saturated carbocycles. The van der Waals surface area contributed by atoms with Gasteiger partial charge in [-0.15, -0.1) is 0 Å². The van der Waals surface area contributed by atoms with Crippen molar-refractivity contribution in [2.24, 2.45) is 5.73 Å². The number of anilines is 1. The summed E-state index contributed by atoms with van der Waals surface area (Å²) in [6.45, 7) is 3.56. The molecule has 1 aromatic rings. The van der Waals surface area contributed by atoms with E-state index in [2.05, 4.69) is 25.5 Å². The average Bonchev–Trinajstić information content (AvgIpc) is 2.75. The minimum absolute atomic E-state index is 0.0599. The molecule has 0 unspecified atom stereocenters. The summed E-state index contributed by atoms with van der Waals surface area (Å²) >= 11 is 0. The quantitative estimate of drug-likeness (QED) is 0.508. The molecule has 2 rings (SSSR count). The molecular formula is C13H18N6O2. The highest BCUT2D eigenvalue weighted by Gasteiger charge is 2.12. The van der Waals surface area contributed by atoms with E-state index in [4.69, 9.17) is 5.73 Å². The molecule has 0 bridgehead atoms. The largest absolute Gasteiger partial charge is 0.351 e. The lowest BCUT2D eigenvalue weighted by molar-refractivity contribution is -0.105. The van der Waals surface area contributed by atoms with E-state index >= 15 is 0 Å². The van der Waals surface area contributed by atoms with Gasteiger partial charge in [0.2, 0.25) is 5.95 Å². The predicted molar refractivity (Wildman–Crippen MR) is 78.5 cm³/mol. The highest BCUT2D eigenvalue weighted by molar-refractivity contribution is 5.88. The molecule has 0 spiro atoms. The van der Waals surface area contributed by atoms with Crippen LogP contribution >= 0.6 is 0 Å². The summed E-state index contributed by atoms with van der Waals surface area (Å²) in [6.07, 6.45) is 4.62. The van der Waals surface area contributed by atoms with Gasteiger partial charge in [0, 0.05) is 25.8 Å². The molecule has 2 heterocycles. The maximum absolute atomic E-state index is 10.9. The van der Waals surface area contributed by atoms with Crippen LogP contribution in [-0.4, -0.2) is 48.5 Å². The van der Waals surface area contributed by atoms with Crippen molar-refractivity contribution in [3.63, 3.8) is 0 Å². The van der Waals surface area contributed by atoms with Gasteiger partial charge in [0.15, 0.2) is 6.29 Å². The van der Waals surface area contributed by atoms with Crippen LogP contribution in [0.3, 0.4) is 0 Å². The molecule has 0 atom stereocenters. The Labute approximate surface area is 122 Å². The zero-order valence-electron chi connectivity index (χ0n) is 11.6. The van der Waals surface area contributed by atoms with Gasteiger partial charge >= 0.3 is 6.03 Å². The summed E-state index contributed by atoms with van der Waals surface area (Å²) in [5.74, 6) is 0.608. The van der Waals surface area contributed by atoms with E-state index in [1.807, 2.05) is 0 Å². The lowest BCUT2D eigenvalue weighted by Crippen LogP contribution is -2.30. The number of allylic oxidation sites excluding steroid dienone is 1. The lowest BCUT2D eigenvalue weighted by Gasteiger charge is -2.19. The average molecular weight is 290 g/mol. The fourth-order valence-electron chi connectivity index (χ4n) is 2.04. The number of nitrogens with two attached hydrogens (primary N) is 1. The number of urea groups is 1. The van der Waals surface area contributed by atoms with Gasteiger partial charge in [-0.25, -0.2) is 14.8 Å². The molecule has 1 aromatic heterocycles. The number of rotatable bonds is 4. The van der Waals surface area contributed by atoms with Crippen LogP contribution in [0, 0.1) is 0 Å². The Kier molecular flexibility index (Phi) is 5.22. The summed E-state index contributed by atoms with van der Waals surface area (Å²) in [7, 11) is 0. The third-order valence-corrected chi connectivity index (χ3v) is 2.99. The summed E-state index contributed by atoms with van der Waals surface area (Å²) in [6, 6.07) is 0.868. The molecule has 21 heavy (non-hydrogen) atoms. The first-order chi connectivity index (χ1) is 10.2. The second-order valence-electron chi connectivity index (χ2n) is 4.58. The van der Waals surface area contributed by atoms with Crippen LogP contribution in [0.5, 0.6) is 0 Å². The van der Waals surface area contributed by atoms with E-state index in [0.717, 1.165) is 32.6 Å². The molecule has 0 radical (unpaired) electrons. The van der Waals surface area contributed by atoms with E-state index < -0.39 is 6.03 Å². The number of aldehydes is 1. The number of hydrogen-bond donors (Lipinski definition) is 3. The standard InChI is InChI=1S/C13H18N6O2/c14-12(21)17-11(9-20)8-10-2-4-16-13(18-10)19-6-1-3-15-5-7-19/h2,4,8-9,15H,1,3,5-7H2,(H3,14,17,21)/b11-8-. The minimum Gasteiger partial charge on any atom is -0.351 e. The normalized spacial score (nSPS) is 16.2. The topological polar surface area (TPSA) is 113 Å². The molecule has 4 N–H and O–H groups in total. The number of aromatic nitrogens is 2. The van der Waals surface area contributed by atoms with E-state index in [1.165, 1.54) is 6.08 Å². The lowest BCUT2D eigenvalue weighted by atomic mass is 10.3. The summed E-state index contributed by atoms with van der Waals surface area (Å²) in [4.78, 5) is 32.4. The van der Waals surface area contributed by atoms with Crippen LogP contribution in [0.2, 0.25) is 0 Å². The number of nitrogens with zero attached hydrogens (tertiary/aromatic N) is 3. The first-order valence-electron chi connectivity index (χ1n) is 6.71. The van der Waals surface area contributed by atoms with Gasteiger partial charge < -0.3 is 21.3 Å². The highest BCUT2D eigenvalue weighted by Crippen LogP contribution is 2.10. The van der Waals surface area contributed by atoms with Gasteiger partial charge in [-0.2, -0.15) is 0 Å². The van der Waals surface area contributed by atoms with Gasteiger partial charge in [-0.05, 0) is 25.1 Å². The van der Waals surface area contributed by atoms with Crippen LogP contribution in [0.1, 0.15) is 12.1 Å². The Hall–Kier alpha value is -2.48. The Balaban J connectivity index is 2.18. The number of nitrogens with one attached hydrogen (secondary N) is 2. The Morgan fingerprint density at radius 2 is 2.29 bits per heavy atom. The third kappa shape index (κ3) is 4.53. The van der Waals surface area contributed by atoms with Crippen molar-refractivity contribution >= 4 is 24.3 Å². The second kappa shape index (κ2) is 7.34. The molecule has 1 fully saturated rings. The van der Waals surface area contributed by atoms with Crippen molar-refractivity contribution in [2.45, 2.75) is 6.42 Å². The molecule has 8 nitrogen and oxygen atoms in total. The van der Waals surface area contributed by atoms with Gasteiger partial charge in [-0.1, -0.05) is 0 Å². The number of hydrogen-bond acceptors (Lipinski definition) is 6. The molecule has 0 aliphatic carbocycles. The summed E-state index contributed by atoms with van der Waals surface area (Å²) < 4.78 is 0. The molecule has 1 aliphatic rings. The monoisotopic (exact) mass is 290 g/mol. The first kappa shape index (κ1) is 14.9. The van der Waals surface area contributed by atoms with Gasteiger partial charge in [0.25, 0.3) is 0 Å². The Morgan fingerprint density at radius 1 is 1.43 bits per heavy atom. The Morgan fingerprint density at radius 3 is 3.05 bits per heavy atom. The van der Waals surface area contributed by atoms with Gasteiger partial charge in [0.1, 0.15) is 0 Å². The fourth-order valence-corrected chi connectivity index (χ4v) is 2.04. The summed E-state index contributed by atoms with van der Waals surface area (Å²) in [5.41, 5.74) is 5.58. The van der Waals surface area contributed by atoms with E-state index in [9.17, 15) is 9.59 Å². The molecule has 0 aromatic carbocycles. The molecule has 8 heteroatoms. The van der Waals surface area contributed by atoms with Gasteiger partial charge in [-0.3, -0.25) is 4.79 Å². The van der Waals surface area contributed by atoms with Crippen LogP contribution in [-0.2, 0) is 4.79 Å².